The van der Waals surface area contributed by atoms with Crippen molar-refractivity contribution in [1.29, 1.82) is 0 Å². The van der Waals surface area contributed by atoms with E-state index in [4.69, 9.17) is 66.3 Å². The van der Waals surface area contributed by atoms with Gasteiger partial charge in [-0.05, 0) is 161 Å². The smallest absolute Gasteiger partial charge is 0.119 e. The van der Waals surface area contributed by atoms with Crippen molar-refractivity contribution in [2.45, 2.75) is 169 Å². The largest absolute Gasteiger partial charge is 0.508 e. The van der Waals surface area contributed by atoms with Crippen LogP contribution in [0.3, 0.4) is 0 Å². The van der Waals surface area contributed by atoms with Crippen LogP contribution in [0.1, 0.15) is 90.0 Å². The average Bonchev–Trinajstić information content (AvgIpc) is 3.45. The summed E-state index contributed by atoms with van der Waals surface area (Å²) in [5.74, 6) is 2.03. The molecular weight excluding hydrogens is 1010 g/mol. The third-order valence-corrected chi connectivity index (χ3v) is 12.3. The van der Waals surface area contributed by atoms with E-state index in [0.29, 0.717) is 85.9 Å². The number of benzene rings is 4. The van der Waals surface area contributed by atoms with Crippen LogP contribution in [0.15, 0.2) is 97.1 Å². The molecule has 0 heterocycles. The molecule has 444 valence electrons. The monoisotopic (exact) mass is 1110 g/mol. The maximum atomic E-state index is 9.55. The molecule has 0 aliphatic carbocycles. The highest BCUT2D eigenvalue weighted by atomic mass is 16.6. The SMILES string of the molecule is CC(COc1ccc(-c2ccc(O)cc2)cc1)OCC(C)OCC(C)OCC(C)OCC(C)OCC(C)OCC(C)OCC(C)OCC(C)OCC(C)OCC(C)OCC(C)OCC(C)Oc1ccc(-c2ccc(O)cc2)cc1. The van der Waals surface area contributed by atoms with Crippen molar-refractivity contribution < 1.29 is 76.5 Å². The minimum absolute atomic E-state index is 0.107. The molecule has 4 rings (SSSR count). The Morgan fingerprint density at radius 2 is 0.405 bits per heavy atom. The Bertz CT molecular complexity index is 2140. The van der Waals surface area contributed by atoms with Gasteiger partial charge in [0.25, 0.3) is 0 Å². The highest BCUT2D eigenvalue weighted by Gasteiger charge is 2.18. The van der Waals surface area contributed by atoms with E-state index in [-0.39, 0.29) is 90.9 Å². The van der Waals surface area contributed by atoms with Crippen molar-refractivity contribution in [3.8, 4) is 45.3 Å². The van der Waals surface area contributed by atoms with E-state index in [1.54, 1.807) is 24.3 Å². The summed E-state index contributed by atoms with van der Waals surface area (Å²) in [5, 5.41) is 19.1. The third-order valence-electron chi connectivity index (χ3n) is 12.3. The number of phenols is 2. The van der Waals surface area contributed by atoms with Crippen LogP contribution in [0, 0.1) is 0 Å². The number of aromatic hydroxyl groups is 2. The molecule has 4 aromatic rings. The van der Waals surface area contributed by atoms with E-state index in [9.17, 15) is 10.2 Å². The molecule has 4 aromatic carbocycles. The second kappa shape index (κ2) is 37.6. The first-order valence-electron chi connectivity index (χ1n) is 28.3. The average molecular weight is 1110 g/mol. The number of hydrogen-bond donors (Lipinski definition) is 2. The van der Waals surface area contributed by atoms with E-state index in [0.717, 1.165) is 33.8 Å². The summed E-state index contributed by atoms with van der Waals surface area (Å²) in [6, 6.07) is 30.0. The molecule has 13 unspecified atom stereocenters. The maximum Gasteiger partial charge on any atom is 0.119 e. The van der Waals surface area contributed by atoms with Gasteiger partial charge in [-0.1, -0.05) is 48.5 Å². The van der Waals surface area contributed by atoms with E-state index in [1.807, 2.05) is 163 Å². The van der Waals surface area contributed by atoms with Gasteiger partial charge in [0.2, 0.25) is 0 Å². The van der Waals surface area contributed by atoms with Crippen LogP contribution in [0.5, 0.6) is 23.0 Å². The summed E-state index contributed by atoms with van der Waals surface area (Å²) in [6.07, 6.45) is -1.48. The molecule has 79 heavy (non-hydrogen) atoms. The van der Waals surface area contributed by atoms with Gasteiger partial charge in [-0.25, -0.2) is 0 Å². The van der Waals surface area contributed by atoms with Crippen LogP contribution in [-0.4, -0.2) is 175 Å². The summed E-state index contributed by atoms with van der Waals surface area (Å²) in [6.45, 7) is 31.4. The molecule has 13 atom stereocenters. The van der Waals surface area contributed by atoms with Crippen molar-refractivity contribution in [3.63, 3.8) is 0 Å². The van der Waals surface area contributed by atoms with Crippen LogP contribution in [0.4, 0.5) is 0 Å². The summed E-state index contributed by atoms with van der Waals surface area (Å²) < 4.78 is 84.0. The number of phenolic OH excluding ortho intramolecular Hbond substituents is 2. The van der Waals surface area contributed by atoms with Crippen LogP contribution in [0.2, 0.25) is 0 Å². The Balaban J connectivity index is 0.918. The summed E-state index contributed by atoms with van der Waals surface area (Å²) in [4.78, 5) is 0. The lowest BCUT2D eigenvalue weighted by atomic mass is 10.1. The first-order valence-corrected chi connectivity index (χ1v) is 28.3. The Morgan fingerprint density at radius 1 is 0.228 bits per heavy atom. The molecule has 16 heteroatoms. The third kappa shape index (κ3) is 29.8. The second-order valence-corrected chi connectivity index (χ2v) is 21.1. The van der Waals surface area contributed by atoms with Crippen molar-refractivity contribution in [1.82, 2.24) is 0 Å². The molecular formula is C63H96O16. The number of ether oxygens (including phenoxy) is 14. The lowest BCUT2D eigenvalue weighted by Crippen LogP contribution is -2.31. The number of hydrogen-bond acceptors (Lipinski definition) is 16. The van der Waals surface area contributed by atoms with Gasteiger partial charge in [0.05, 0.1) is 153 Å². The fraction of sp³-hybridized carbons (Fsp3) is 0.619. The molecule has 0 bridgehead atoms. The van der Waals surface area contributed by atoms with Crippen molar-refractivity contribution in [2.75, 3.05) is 85.9 Å². The zero-order chi connectivity index (χ0) is 57.5. The summed E-state index contributed by atoms with van der Waals surface area (Å²) in [7, 11) is 0. The zero-order valence-corrected chi connectivity index (χ0v) is 49.5. The van der Waals surface area contributed by atoms with Crippen molar-refractivity contribution >= 4 is 0 Å². The molecule has 0 saturated heterocycles. The molecule has 16 nitrogen and oxygen atoms in total. The zero-order valence-electron chi connectivity index (χ0n) is 49.5. The van der Waals surface area contributed by atoms with Crippen molar-refractivity contribution in [2.24, 2.45) is 0 Å². The van der Waals surface area contributed by atoms with Crippen LogP contribution in [0.25, 0.3) is 22.3 Å². The fourth-order valence-electron chi connectivity index (χ4n) is 7.43. The first kappa shape index (κ1) is 67.1. The molecule has 0 amide bonds. The minimum Gasteiger partial charge on any atom is -0.508 e. The Morgan fingerprint density at radius 3 is 0.633 bits per heavy atom. The highest BCUT2D eigenvalue weighted by molar-refractivity contribution is 5.65. The standard InChI is InChI=1S/C63H96O16/c1-43(67-32-45(3)69-34-47(5)71-36-49(7)73-38-51(9)75-40-53(11)77-42-55(13)79-63-28-20-59(21-29-63)57-16-24-61(65)25-17-57)30-66-44(2)31-68-46(4)33-70-48(6)35-72-50(8)37-74-52(10)39-76-54(12)41-78-62-26-18-58(19-27-62)56-14-22-60(64)23-15-56/h14-29,43-55,64-65H,30-42H2,1-13H3. The van der Waals surface area contributed by atoms with Crippen LogP contribution in [-0.2, 0) is 56.8 Å². The van der Waals surface area contributed by atoms with Crippen molar-refractivity contribution in [3.05, 3.63) is 97.1 Å². The fourth-order valence-corrected chi connectivity index (χ4v) is 7.43. The first-order chi connectivity index (χ1) is 37.8. The minimum atomic E-state index is -0.138. The Labute approximate surface area is 472 Å². The van der Waals surface area contributed by atoms with Crippen LogP contribution >= 0.6 is 0 Å². The predicted molar refractivity (Wildman–Crippen MR) is 308 cm³/mol. The van der Waals surface area contributed by atoms with Crippen LogP contribution < -0.4 is 9.47 Å². The molecule has 0 aliphatic rings. The number of rotatable bonds is 43. The molecule has 0 saturated carbocycles. The van der Waals surface area contributed by atoms with Gasteiger partial charge in [0.15, 0.2) is 0 Å². The topological polar surface area (TPSA) is 170 Å². The van der Waals surface area contributed by atoms with Gasteiger partial charge in [-0.2, -0.15) is 0 Å². The van der Waals surface area contributed by atoms with Gasteiger partial charge >= 0.3 is 0 Å². The van der Waals surface area contributed by atoms with Gasteiger partial charge < -0.3 is 76.5 Å². The lowest BCUT2D eigenvalue weighted by molar-refractivity contribution is -0.114. The molecule has 0 aliphatic heterocycles. The van der Waals surface area contributed by atoms with E-state index >= 15 is 0 Å². The molecule has 0 aromatic heterocycles. The normalized spacial score (nSPS) is 16.9. The van der Waals surface area contributed by atoms with E-state index in [2.05, 4.69) is 0 Å². The summed E-state index contributed by atoms with van der Waals surface area (Å²) >= 11 is 0. The molecule has 0 fully saturated rings. The Hall–Kier alpha value is -4.40. The molecule has 2 N–H and O–H groups in total. The second-order valence-electron chi connectivity index (χ2n) is 21.1. The lowest BCUT2D eigenvalue weighted by Gasteiger charge is -2.23. The Kier molecular flexibility index (Phi) is 31.9. The maximum absolute atomic E-state index is 9.55. The van der Waals surface area contributed by atoms with Gasteiger partial charge in [0, 0.05) is 0 Å². The van der Waals surface area contributed by atoms with Gasteiger partial charge in [-0.3, -0.25) is 0 Å². The summed E-state index contributed by atoms with van der Waals surface area (Å²) in [5.41, 5.74) is 4.15. The van der Waals surface area contributed by atoms with E-state index in [1.165, 1.54) is 0 Å². The van der Waals surface area contributed by atoms with Gasteiger partial charge in [-0.15, -0.1) is 0 Å². The quantitative estimate of drug-likeness (QED) is 0.0429. The predicted octanol–water partition coefficient (Wildman–Crippen LogP) is 11.1. The van der Waals surface area contributed by atoms with E-state index < -0.39 is 0 Å². The highest BCUT2D eigenvalue weighted by Crippen LogP contribution is 2.26. The van der Waals surface area contributed by atoms with Gasteiger partial charge in [0.1, 0.15) is 35.7 Å². The molecule has 0 radical (unpaired) electrons. The molecule has 0 spiro atoms.